The van der Waals surface area contributed by atoms with Crippen molar-refractivity contribution in [3.8, 4) is 5.75 Å². The number of fused-ring (bicyclic) bond motifs is 1. The van der Waals surface area contributed by atoms with E-state index in [1.807, 2.05) is 6.07 Å². The molecule has 5 nitrogen and oxygen atoms in total. The highest BCUT2D eigenvalue weighted by Gasteiger charge is 2.36. The van der Waals surface area contributed by atoms with E-state index in [1.165, 1.54) is 24.8 Å². The molecular weight excluding hydrogens is 316 g/mol. The first kappa shape index (κ1) is 16.9. The molecule has 2 heterocycles. The average Bonchev–Trinajstić information content (AvgIpc) is 3.06. The second-order valence-electron chi connectivity index (χ2n) is 7.73. The highest BCUT2D eigenvalue weighted by atomic mass is 16.5. The summed E-state index contributed by atoms with van der Waals surface area (Å²) in [5.41, 5.74) is 2.38. The normalized spacial score (nSPS) is 27.1. The fraction of sp³-hybridized carbons (Fsp3) is 0.650. The molecular formula is C20H28N2O3. The van der Waals surface area contributed by atoms with E-state index in [4.69, 9.17) is 4.74 Å². The van der Waals surface area contributed by atoms with Gasteiger partial charge in [0.15, 0.2) is 0 Å². The van der Waals surface area contributed by atoms with Gasteiger partial charge in [0.1, 0.15) is 5.75 Å². The average molecular weight is 344 g/mol. The third-order valence-electron chi connectivity index (χ3n) is 5.83. The second-order valence-corrected chi connectivity index (χ2v) is 7.73. The first-order chi connectivity index (χ1) is 12.2. The fourth-order valence-corrected chi connectivity index (χ4v) is 4.32. The van der Waals surface area contributed by atoms with E-state index in [0.717, 1.165) is 50.3 Å². The van der Waals surface area contributed by atoms with Gasteiger partial charge in [0, 0.05) is 6.42 Å². The number of piperidine rings is 1. The molecule has 1 atom stereocenters. The van der Waals surface area contributed by atoms with Crippen LogP contribution in [0.15, 0.2) is 18.2 Å². The minimum absolute atomic E-state index is 0.00779. The number of rotatable bonds is 5. The van der Waals surface area contributed by atoms with Crippen LogP contribution in [0.4, 0.5) is 0 Å². The Hall–Kier alpha value is -1.59. The molecule has 136 valence electrons. The van der Waals surface area contributed by atoms with Crippen molar-refractivity contribution in [1.29, 1.82) is 0 Å². The maximum absolute atomic E-state index is 12.6. The van der Waals surface area contributed by atoms with Gasteiger partial charge in [-0.15, -0.1) is 0 Å². The van der Waals surface area contributed by atoms with Crippen molar-refractivity contribution in [3.63, 3.8) is 0 Å². The van der Waals surface area contributed by atoms with Gasteiger partial charge in [-0.25, -0.2) is 0 Å². The largest absolute Gasteiger partial charge is 0.493 e. The van der Waals surface area contributed by atoms with Gasteiger partial charge in [0.2, 0.25) is 5.91 Å². The van der Waals surface area contributed by atoms with Gasteiger partial charge >= 0.3 is 0 Å². The van der Waals surface area contributed by atoms with Crippen molar-refractivity contribution in [2.24, 2.45) is 5.92 Å². The Balaban J connectivity index is 1.45. The number of benzene rings is 1. The smallest absolute Gasteiger partial charge is 0.234 e. The number of hydrogen-bond acceptors (Lipinski definition) is 4. The summed E-state index contributed by atoms with van der Waals surface area (Å²) in [4.78, 5) is 14.9. The molecule has 2 N–H and O–H groups in total. The van der Waals surface area contributed by atoms with Crippen LogP contribution in [0, 0.1) is 5.92 Å². The molecule has 1 aliphatic carbocycles. The van der Waals surface area contributed by atoms with Crippen molar-refractivity contribution >= 4 is 5.91 Å². The SMILES string of the molecule is O=C(CN1CCCCC1)NC(c1ccc2c(c1)CCO2)C1CC(O)C1. The van der Waals surface area contributed by atoms with Crippen molar-refractivity contribution in [1.82, 2.24) is 10.2 Å². The number of nitrogens with zero attached hydrogens (tertiary/aromatic N) is 1. The molecule has 1 saturated carbocycles. The number of aliphatic hydroxyl groups is 1. The molecule has 4 rings (SSSR count). The van der Waals surface area contributed by atoms with Crippen LogP contribution in [0.25, 0.3) is 0 Å². The van der Waals surface area contributed by atoms with Crippen LogP contribution in [0.1, 0.15) is 49.3 Å². The summed E-state index contributed by atoms with van der Waals surface area (Å²) in [6.45, 7) is 3.28. The van der Waals surface area contributed by atoms with Crippen molar-refractivity contribution in [2.75, 3.05) is 26.2 Å². The summed E-state index contributed by atoms with van der Waals surface area (Å²) in [6, 6.07) is 6.27. The van der Waals surface area contributed by atoms with Gasteiger partial charge < -0.3 is 15.2 Å². The van der Waals surface area contributed by atoms with Crippen LogP contribution in [-0.4, -0.2) is 48.3 Å². The lowest BCUT2D eigenvalue weighted by Gasteiger charge is -2.39. The Labute approximate surface area is 149 Å². The maximum Gasteiger partial charge on any atom is 0.234 e. The predicted octanol–water partition coefficient (Wildman–Crippen LogP) is 2.04. The van der Waals surface area contributed by atoms with Crippen LogP contribution < -0.4 is 10.1 Å². The van der Waals surface area contributed by atoms with Gasteiger partial charge in [-0.1, -0.05) is 12.5 Å². The fourth-order valence-electron chi connectivity index (χ4n) is 4.32. The molecule has 0 spiro atoms. The Morgan fingerprint density at radius 1 is 1.28 bits per heavy atom. The minimum Gasteiger partial charge on any atom is -0.493 e. The van der Waals surface area contributed by atoms with Gasteiger partial charge in [-0.2, -0.15) is 0 Å². The molecule has 1 unspecified atom stereocenters. The summed E-state index contributed by atoms with van der Waals surface area (Å²) >= 11 is 0. The third kappa shape index (κ3) is 3.82. The molecule has 0 radical (unpaired) electrons. The Morgan fingerprint density at radius 2 is 2.08 bits per heavy atom. The van der Waals surface area contributed by atoms with E-state index in [2.05, 4.69) is 22.3 Å². The first-order valence-corrected chi connectivity index (χ1v) is 9.64. The molecule has 2 fully saturated rings. The zero-order valence-electron chi connectivity index (χ0n) is 14.7. The van der Waals surface area contributed by atoms with Crippen LogP contribution in [-0.2, 0) is 11.2 Å². The molecule has 0 aromatic heterocycles. The summed E-state index contributed by atoms with van der Waals surface area (Å²) in [7, 11) is 0. The molecule has 1 aromatic rings. The minimum atomic E-state index is -0.218. The van der Waals surface area contributed by atoms with Crippen LogP contribution in [0.3, 0.4) is 0 Å². The Kier molecular flexibility index (Phi) is 4.95. The Bertz CT molecular complexity index is 621. The third-order valence-corrected chi connectivity index (χ3v) is 5.83. The van der Waals surface area contributed by atoms with Crippen molar-refractivity contribution in [3.05, 3.63) is 29.3 Å². The number of nitrogens with one attached hydrogen (secondary N) is 1. The zero-order valence-corrected chi connectivity index (χ0v) is 14.7. The molecule has 3 aliphatic rings. The van der Waals surface area contributed by atoms with E-state index in [0.29, 0.717) is 12.5 Å². The number of carbonyl (C=O) groups is 1. The lowest BCUT2D eigenvalue weighted by molar-refractivity contribution is -0.124. The summed E-state index contributed by atoms with van der Waals surface area (Å²) in [5, 5.41) is 13.0. The topological polar surface area (TPSA) is 61.8 Å². The van der Waals surface area contributed by atoms with Crippen LogP contribution >= 0.6 is 0 Å². The predicted molar refractivity (Wildman–Crippen MR) is 95.5 cm³/mol. The van der Waals surface area contributed by atoms with Crippen molar-refractivity contribution < 1.29 is 14.6 Å². The molecule has 2 aliphatic heterocycles. The standard InChI is InChI=1S/C20H28N2O3/c23-17-11-16(12-17)20(15-4-5-18-14(10-15)6-9-25-18)21-19(24)13-22-7-2-1-3-8-22/h4-5,10,16-17,20,23H,1-3,6-9,11-13H2,(H,21,24). The molecule has 0 bridgehead atoms. The van der Waals surface area contributed by atoms with Gasteiger partial charge in [-0.3, -0.25) is 9.69 Å². The highest BCUT2D eigenvalue weighted by molar-refractivity contribution is 5.78. The number of carbonyl (C=O) groups excluding carboxylic acids is 1. The second kappa shape index (κ2) is 7.34. The highest BCUT2D eigenvalue weighted by Crippen LogP contribution is 2.39. The lowest BCUT2D eigenvalue weighted by atomic mass is 9.75. The number of aliphatic hydroxyl groups excluding tert-OH is 1. The van der Waals surface area contributed by atoms with E-state index in [9.17, 15) is 9.90 Å². The number of hydrogen-bond donors (Lipinski definition) is 2. The number of ether oxygens (including phenoxy) is 1. The zero-order chi connectivity index (χ0) is 17.2. The first-order valence-electron chi connectivity index (χ1n) is 9.64. The van der Waals surface area contributed by atoms with Gasteiger partial charge in [-0.05, 0) is 68.0 Å². The van der Waals surface area contributed by atoms with Crippen molar-refractivity contribution in [2.45, 2.75) is 50.7 Å². The maximum atomic E-state index is 12.6. The van der Waals surface area contributed by atoms with E-state index in [-0.39, 0.29) is 18.1 Å². The van der Waals surface area contributed by atoms with E-state index >= 15 is 0 Å². The number of likely N-dealkylation sites (tertiary alicyclic amines) is 1. The molecule has 5 heteroatoms. The molecule has 1 saturated heterocycles. The quantitative estimate of drug-likeness (QED) is 0.858. The van der Waals surface area contributed by atoms with Gasteiger partial charge in [0.05, 0.1) is 25.3 Å². The van der Waals surface area contributed by atoms with Crippen LogP contribution in [0.2, 0.25) is 0 Å². The molecule has 1 amide bonds. The monoisotopic (exact) mass is 344 g/mol. The molecule has 1 aromatic carbocycles. The van der Waals surface area contributed by atoms with E-state index in [1.54, 1.807) is 0 Å². The van der Waals surface area contributed by atoms with Gasteiger partial charge in [0.25, 0.3) is 0 Å². The number of amides is 1. The Morgan fingerprint density at radius 3 is 2.84 bits per heavy atom. The molecule has 25 heavy (non-hydrogen) atoms. The lowest BCUT2D eigenvalue weighted by Crippen LogP contribution is -2.45. The van der Waals surface area contributed by atoms with E-state index < -0.39 is 0 Å². The summed E-state index contributed by atoms with van der Waals surface area (Å²) in [5.74, 6) is 1.39. The summed E-state index contributed by atoms with van der Waals surface area (Å²) < 4.78 is 5.60. The summed E-state index contributed by atoms with van der Waals surface area (Å²) in [6.07, 6.45) is 5.91. The van der Waals surface area contributed by atoms with Crippen LogP contribution in [0.5, 0.6) is 5.75 Å².